The van der Waals surface area contributed by atoms with Gasteiger partial charge in [0.05, 0.1) is 5.69 Å². The van der Waals surface area contributed by atoms with Crippen LogP contribution in [0.4, 0.5) is 19.3 Å². The van der Waals surface area contributed by atoms with Crippen molar-refractivity contribution in [1.29, 1.82) is 0 Å². The van der Waals surface area contributed by atoms with E-state index in [1.807, 2.05) is 0 Å². The van der Waals surface area contributed by atoms with Crippen molar-refractivity contribution in [2.45, 2.75) is 19.1 Å². The van der Waals surface area contributed by atoms with Crippen LogP contribution < -0.4 is 15.4 Å². The second kappa shape index (κ2) is 7.63. The van der Waals surface area contributed by atoms with E-state index in [0.717, 1.165) is 4.90 Å². The van der Waals surface area contributed by atoms with Crippen molar-refractivity contribution in [1.82, 2.24) is 10.2 Å². The molecular formula is C19H17F2N3O4. The number of carbonyl (C=O) groups excluding carboxylic acids is 3. The van der Waals surface area contributed by atoms with E-state index in [0.29, 0.717) is 5.56 Å². The molecule has 1 fully saturated rings. The number of hydrogen-bond donors (Lipinski definition) is 2. The first-order valence-corrected chi connectivity index (χ1v) is 8.34. The lowest BCUT2D eigenvalue weighted by Gasteiger charge is -2.22. The molecule has 7 nitrogen and oxygen atoms in total. The summed E-state index contributed by atoms with van der Waals surface area (Å²) in [7, 11) is 0. The summed E-state index contributed by atoms with van der Waals surface area (Å²) in [6.45, 7) is -2.09. The number of halogens is 2. The highest BCUT2D eigenvalue weighted by Crippen LogP contribution is 2.29. The Morgan fingerprint density at radius 1 is 1.14 bits per heavy atom. The summed E-state index contributed by atoms with van der Waals surface area (Å²) in [4.78, 5) is 38.1. The molecule has 3 rings (SSSR count). The van der Waals surface area contributed by atoms with Crippen LogP contribution in [0.25, 0.3) is 0 Å². The Morgan fingerprint density at radius 3 is 2.46 bits per heavy atom. The second-order valence-electron chi connectivity index (χ2n) is 6.24. The molecule has 9 heteroatoms. The van der Waals surface area contributed by atoms with Gasteiger partial charge in [-0.1, -0.05) is 42.5 Å². The smallest absolute Gasteiger partial charge is 0.387 e. The number of anilines is 1. The first kappa shape index (κ1) is 19.3. The molecule has 0 aromatic heterocycles. The number of nitrogens with zero attached hydrogens (tertiary/aromatic N) is 1. The van der Waals surface area contributed by atoms with Gasteiger partial charge in [-0.3, -0.25) is 14.5 Å². The fraction of sp³-hybridized carbons (Fsp3) is 0.211. The molecule has 146 valence electrons. The van der Waals surface area contributed by atoms with Crippen LogP contribution in [0.2, 0.25) is 0 Å². The lowest BCUT2D eigenvalue weighted by Crippen LogP contribution is -2.42. The van der Waals surface area contributed by atoms with Gasteiger partial charge in [-0.25, -0.2) is 4.79 Å². The van der Waals surface area contributed by atoms with Gasteiger partial charge < -0.3 is 15.4 Å². The van der Waals surface area contributed by atoms with Crippen molar-refractivity contribution in [3.8, 4) is 5.75 Å². The van der Waals surface area contributed by atoms with E-state index in [1.54, 1.807) is 37.3 Å². The van der Waals surface area contributed by atoms with Crippen LogP contribution >= 0.6 is 0 Å². The Bertz CT molecular complexity index is 907. The Labute approximate surface area is 159 Å². The standard InChI is InChI=1S/C19H17F2N3O4/c1-19(12-7-3-2-4-8-12)16(26)24(18(27)23-19)11-15(25)22-13-9-5-6-10-14(13)28-17(20)21/h2-10,17H,11H2,1H3,(H,22,25)(H,23,27)/t19-/m0/s1. The number of urea groups is 1. The number of imide groups is 1. The van der Waals surface area contributed by atoms with Gasteiger partial charge in [-0.2, -0.15) is 8.78 Å². The summed E-state index contributed by atoms with van der Waals surface area (Å²) in [5, 5.41) is 4.97. The molecule has 2 aromatic rings. The van der Waals surface area contributed by atoms with Crippen molar-refractivity contribution in [2.24, 2.45) is 0 Å². The molecule has 2 aromatic carbocycles. The van der Waals surface area contributed by atoms with E-state index in [4.69, 9.17) is 0 Å². The van der Waals surface area contributed by atoms with Gasteiger partial charge in [0.15, 0.2) is 0 Å². The molecule has 1 atom stereocenters. The summed E-state index contributed by atoms with van der Waals surface area (Å²) in [5.41, 5.74) is -0.715. The zero-order valence-electron chi connectivity index (χ0n) is 14.8. The summed E-state index contributed by atoms with van der Waals surface area (Å²) in [6.07, 6.45) is 0. The highest BCUT2D eigenvalue weighted by Gasteiger charge is 2.49. The Hall–Kier alpha value is -3.49. The van der Waals surface area contributed by atoms with Gasteiger partial charge in [-0.05, 0) is 24.6 Å². The average molecular weight is 389 g/mol. The van der Waals surface area contributed by atoms with Crippen molar-refractivity contribution in [2.75, 3.05) is 11.9 Å². The number of carbonyl (C=O) groups is 3. The Kier molecular flexibility index (Phi) is 5.25. The largest absolute Gasteiger partial charge is 0.433 e. The number of rotatable bonds is 6. The van der Waals surface area contributed by atoms with Gasteiger partial charge in [0.1, 0.15) is 17.8 Å². The molecule has 0 radical (unpaired) electrons. The van der Waals surface area contributed by atoms with E-state index < -0.39 is 36.5 Å². The predicted molar refractivity (Wildman–Crippen MR) is 95.7 cm³/mol. The number of nitrogens with one attached hydrogen (secondary N) is 2. The maximum atomic E-state index is 12.8. The summed E-state index contributed by atoms with van der Waals surface area (Å²) in [5.74, 6) is -1.54. The summed E-state index contributed by atoms with van der Waals surface area (Å²) >= 11 is 0. The fourth-order valence-electron chi connectivity index (χ4n) is 2.91. The van der Waals surface area contributed by atoms with Crippen molar-refractivity contribution in [3.63, 3.8) is 0 Å². The third kappa shape index (κ3) is 3.78. The molecule has 4 amide bonds. The Morgan fingerprint density at radius 2 is 1.79 bits per heavy atom. The molecule has 28 heavy (non-hydrogen) atoms. The summed E-state index contributed by atoms with van der Waals surface area (Å²) in [6, 6.07) is 13.5. The molecule has 0 bridgehead atoms. The highest BCUT2D eigenvalue weighted by molar-refractivity contribution is 6.10. The van der Waals surface area contributed by atoms with E-state index in [-0.39, 0.29) is 11.4 Å². The number of alkyl halides is 2. The number of amides is 4. The lowest BCUT2D eigenvalue weighted by atomic mass is 9.92. The van der Waals surface area contributed by atoms with Gasteiger partial charge in [0.25, 0.3) is 5.91 Å². The first-order valence-electron chi connectivity index (χ1n) is 8.34. The number of ether oxygens (including phenoxy) is 1. The third-order valence-electron chi connectivity index (χ3n) is 4.31. The molecule has 0 unspecified atom stereocenters. The molecule has 1 saturated heterocycles. The van der Waals surface area contributed by atoms with Crippen LogP contribution in [-0.2, 0) is 15.1 Å². The fourth-order valence-corrected chi connectivity index (χ4v) is 2.91. The number of benzene rings is 2. The molecular weight excluding hydrogens is 372 g/mol. The Balaban J connectivity index is 1.73. The van der Waals surface area contributed by atoms with Crippen molar-refractivity contribution in [3.05, 3.63) is 60.2 Å². The normalized spacial score (nSPS) is 18.9. The monoisotopic (exact) mass is 389 g/mol. The van der Waals surface area contributed by atoms with Crippen LogP contribution in [-0.4, -0.2) is 35.9 Å². The molecule has 0 saturated carbocycles. The van der Waals surface area contributed by atoms with E-state index in [1.165, 1.54) is 24.3 Å². The third-order valence-corrected chi connectivity index (χ3v) is 4.31. The second-order valence-corrected chi connectivity index (χ2v) is 6.24. The SMILES string of the molecule is C[C@@]1(c2ccccc2)NC(=O)N(CC(=O)Nc2ccccc2OC(F)F)C1=O. The maximum Gasteiger partial charge on any atom is 0.387 e. The van der Waals surface area contributed by atoms with Crippen LogP contribution in [0.3, 0.4) is 0 Å². The lowest BCUT2D eigenvalue weighted by molar-refractivity contribution is -0.133. The van der Waals surface area contributed by atoms with Gasteiger partial charge in [0.2, 0.25) is 5.91 Å². The summed E-state index contributed by atoms with van der Waals surface area (Å²) < 4.78 is 29.3. The molecule has 0 spiro atoms. The quantitative estimate of drug-likeness (QED) is 0.744. The van der Waals surface area contributed by atoms with Crippen LogP contribution in [0, 0.1) is 0 Å². The topological polar surface area (TPSA) is 87.7 Å². The van der Waals surface area contributed by atoms with Crippen LogP contribution in [0.15, 0.2) is 54.6 Å². The highest BCUT2D eigenvalue weighted by atomic mass is 19.3. The predicted octanol–water partition coefficient (Wildman–Crippen LogP) is 2.69. The molecule has 1 heterocycles. The molecule has 0 aliphatic carbocycles. The van der Waals surface area contributed by atoms with Crippen LogP contribution in [0.5, 0.6) is 5.75 Å². The van der Waals surface area contributed by atoms with Crippen LogP contribution in [0.1, 0.15) is 12.5 Å². The first-order chi connectivity index (χ1) is 13.3. The zero-order chi connectivity index (χ0) is 20.3. The number of para-hydroxylation sites is 2. The zero-order valence-corrected chi connectivity index (χ0v) is 14.8. The van der Waals surface area contributed by atoms with Gasteiger partial charge in [0, 0.05) is 0 Å². The van der Waals surface area contributed by atoms with E-state index in [2.05, 4.69) is 15.4 Å². The average Bonchev–Trinajstić information content (AvgIpc) is 2.88. The molecule has 2 N–H and O–H groups in total. The van der Waals surface area contributed by atoms with Gasteiger partial charge >= 0.3 is 12.6 Å². The van der Waals surface area contributed by atoms with E-state index >= 15 is 0 Å². The molecule has 1 aliphatic rings. The number of hydrogen-bond acceptors (Lipinski definition) is 4. The minimum atomic E-state index is -3.06. The van der Waals surface area contributed by atoms with E-state index in [9.17, 15) is 23.2 Å². The molecule has 1 aliphatic heterocycles. The van der Waals surface area contributed by atoms with Crippen molar-refractivity contribution < 1.29 is 27.9 Å². The maximum absolute atomic E-state index is 12.8. The van der Waals surface area contributed by atoms with Crippen molar-refractivity contribution >= 4 is 23.5 Å². The van der Waals surface area contributed by atoms with Gasteiger partial charge in [-0.15, -0.1) is 0 Å². The minimum Gasteiger partial charge on any atom is -0.433 e. The minimum absolute atomic E-state index is 0.00525.